The van der Waals surface area contributed by atoms with Crippen LogP contribution in [-0.2, 0) is 0 Å². The molecule has 18 heavy (non-hydrogen) atoms. The summed E-state index contributed by atoms with van der Waals surface area (Å²) in [5.41, 5.74) is 0.735. The van der Waals surface area contributed by atoms with E-state index in [0.717, 1.165) is 35.3 Å². The van der Waals surface area contributed by atoms with Gasteiger partial charge >= 0.3 is 0 Å². The van der Waals surface area contributed by atoms with Gasteiger partial charge in [0.25, 0.3) is 5.91 Å². The maximum atomic E-state index is 12.5. The Morgan fingerprint density at radius 3 is 2.61 bits per heavy atom. The van der Waals surface area contributed by atoms with Crippen molar-refractivity contribution in [3.63, 3.8) is 0 Å². The summed E-state index contributed by atoms with van der Waals surface area (Å²) in [5, 5.41) is 0.645. The predicted molar refractivity (Wildman–Crippen MR) is 75.9 cm³/mol. The molecule has 0 N–H and O–H groups in total. The highest BCUT2D eigenvalue weighted by Crippen LogP contribution is 2.36. The van der Waals surface area contributed by atoms with Crippen molar-refractivity contribution in [1.82, 2.24) is 4.90 Å². The van der Waals surface area contributed by atoms with Crippen molar-refractivity contribution < 1.29 is 4.79 Å². The number of halogens is 2. The van der Waals surface area contributed by atoms with Gasteiger partial charge in [-0.05, 0) is 65.7 Å². The van der Waals surface area contributed by atoms with Crippen LogP contribution < -0.4 is 0 Å². The third-order valence-corrected chi connectivity index (χ3v) is 4.78. The molecule has 0 radical (unpaired) electrons. The molecular formula is C14H15BrClNO. The summed E-state index contributed by atoms with van der Waals surface area (Å²) in [6.07, 6.45) is 4.88. The quantitative estimate of drug-likeness (QED) is 0.814. The van der Waals surface area contributed by atoms with E-state index in [1.807, 2.05) is 12.1 Å². The minimum absolute atomic E-state index is 0.154. The Kier molecular flexibility index (Phi) is 3.37. The number of hydrogen-bond acceptors (Lipinski definition) is 1. The molecule has 3 rings (SSSR count). The van der Waals surface area contributed by atoms with E-state index in [2.05, 4.69) is 20.8 Å². The van der Waals surface area contributed by atoms with Crippen LogP contribution in [-0.4, -0.2) is 23.4 Å². The molecule has 2 nitrogen and oxygen atoms in total. The average molecular weight is 329 g/mol. The zero-order valence-corrected chi connectivity index (χ0v) is 12.4. The van der Waals surface area contributed by atoms with E-state index in [4.69, 9.17) is 11.6 Å². The van der Waals surface area contributed by atoms with Crippen molar-refractivity contribution in [1.29, 1.82) is 0 Å². The summed E-state index contributed by atoms with van der Waals surface area (Å²) in [7, 11) is 0. The van der Waals surface area contributed by atoms with Crippen molar-refractivity contribution in [3.05, 3.63) is 33.3 Å². The Hall–Kier alpha value is -0.540. The summed E-state index contributed by atoms with van der Waals surface area (Å²) < 4.78 is 0.789. The van der Waals surface area contributed by atoms with E-state index in [9.17, 15) is 4.79 Å². The maximum absolute atomic E-state index is 12.5. The average Bonchev–Trinajstić information content (AvgIpc) is 3.22. The lowest BCUT2D eigenvalue weighted by Gasteiger charge is -2.22. The molecule has 0 unspecified atom stereocenters. The number of carbonyl (C=O) groups is 1. The molecule has 0 spiro atoms. The topological polar surface area (TPSA) is 20.3 Å². The molecule has 1 amide bonds. The summed E-state index contributed by atoms with van der Waals surface area (Å²) in [5.74, 6) is 0.895. The van der Waals surface area contributed by atoms with Crippen molar-refractivity contribution in [2.75, 3.05) is 6.54 Å². The van der Waals surface area contributed by atoms with Crippen molar-refractivity contribution in [2.45, 2.75) is 31.7 Å². The molecule has 1 aromatic carbocycles. The Morgan fingerprint density at radius 2 is 2.06 bits per heavy atom. The molecular weight excluding hydrogens is 314 g/mol. The van der Waals surface area contributed by atoms with Crippen LogP contribution in [0.15, 0.2) is 22.7 Å². The standard InChI is InChI=1S/C14H15BrClNO/c15-12-7-10(3-6-13(12)16)14(18)17(11-4-5-11)8-9-1-2-9/h3,6-7,9,11H,1-2,4-5,8H2. The smallest absolute Gasteiger partial charge is 0.254 e. The lowest BCUT2D eigenvalue weighted by Crippen LogP contribution is -2.34. The van der Waals surface area contributed by atoms with Gasteiger partial charge in [-0.1, -0.05) is 11.6 Å². The van der Waals surface area contributed by atoms with E-state index < -0.39 is 0 Å². The molecule has 0 aliphatic heterocycles. The van der Waals surface area contributed by atoms with Crippen molar-refractivity contribution >= 4 is 33.4 Å². The van der Waals surface area contributed by atoms with Gasteiger partial charge in [0.1, 0.15) is 0 Å². The molecule has 0 aromatic heterocycles. The second kappa shape index (κ2) is 4.86. The zero-order valence-electron chi connectivity index (χ0n) is 10.0. The van der Waals surface area contributed by atoms with Crippen LogP contribution in [0.2, 0.25) is 5.02 Å². The molecule has 0 heterocycles. The van der Waals surface area contributed by atoms with Gasteiger partial charge in [-0.25, -0.2) is 0 Å². The first-order chi connectivity index (χ1) is 8.65. The number of benzene rings is 1. The first-order valence-corrected chi connectivity index (χ1v) is 7.58. The van der Waals surface area contributed by atoms with E-state index >= 15 is 0 Å². The molecule has 96 valence electrons. The molecule has 0 atom stereocenters. The minimum Gasteiger partial charge on any atom is -0.335 e. The minimum atomic E-state index is 0.154. The first kappa shape index (κ1) is 12.5. The SMILES string of the molecule is O=C(c1ccc(Cl)c(Br)c1)N(CC1CC1)C1CC1. The highest BCUT2D eigenvalue weighted by molar-refractivity contribution is 9.10. The van der Waals surface area contributed by atoms with Crippen LogP contribution >= 0.6 is 27.5 Å². The van der Waals surface area contributed by atoms with Crippen molar-refractivity contribution in [3.8, 4) is 0 Å². The Balaban J connectivity index is 1.79. The van der Waals surface area contributed by atoms with E-state index in [-0.39, 0.29) is 5.91 Å². The number of rotatable bonds is 4. The number of nitrogens with zero attached hydrogens (tertiary/aromatic N) is 1. The summed E-state index contributed by atoms with van der Waals surface area (Å²) in [6.45, 7) is 0.934. The van der Waals surface area contributed by atoms with E-state index in [0.29, 0.717) is 11.1 Å². The van der Waals surface area contributed by atoms with Gasteiger partial charge in [-0.3, -0.25) is 4.79 Å². The Morgan fingerprint density at radius 1 is 1.33 bits per heavy atom. The third kappa shape index (κ3) is 2.72. The fourth-order valence-corrected chi connectivity index (χ4v) is 2.65. The molecule has 0 saturated heterocycles. The highest BCUT2D eigenvalue weighted by atomic mass is 79.9. The molecule has 2 saturated carbocycles. The molecule has 1 aromatic rings. The highest BCUT2D eigenvalue weighted by Gasteiger charge is 2.36. The van der Waals surface area contributed by atoms with Gasteiger partial charge in [-0.2, -0.15) is 0 Å². The zero-order chi connectivity index (χ0) is 12.7. The van der Waals surface area contributed by atoms with Gasteiger partial charge in [0.05, 0.1) is 5.02 Å². The van der Waals surface area contributed by atoms with E-state index in [1.54, 1.807) is 6.07 Å². The van der Waals surface area contributed by atoms with Crippen LogP contribution in [0.25, 0.3) is 0 Å². The van der Waals surface area contributed by atoms with Crippen molar-refractivity contribution in [2.24, 2.45) is 5.92 Å². The monoisotopic (exact) mass is 327 g/mol. The Bertz CT molecular complexity index is 483. The number of amides is 1. The first-order valence-electron chi connectivity index (χ1n) is 6.41. The lowest BCUT2D eigenvalue weighted by atomic mass is 10.2. The van der Waals surface area contributed by atoms with Gasteiger partial charge < -0.3 is 4.90 Å². The maximum Gasteiger partial charge on any atom is 0.254 e. The predicted octanol–water partition coefficient (Wildman–Crippen LogP) is 4.12. The Labute approximate surface area is 120 Å². The van der Waals surface area contributed by atoms with Crippen LogP contribution in [0.3, 0.4) is 0 Å². The van der Waals surface area contributed by atoms with Gasteiger partial charge in [0, 0.05) is 22.6 Å². The number of carbonyl (C=O) groups excluding carboxylic acids is 1. The van der Waals surface area contributed by atoms with Gasteiger partial charge in [0.2, 0.25) is 0 Å². The van der Waals surface area contributed by atoms with Crippen LogP contribution in [0.1, 0.15) is 36.0 Å². The summed E-state index contributed by atoms with van der Waals surface area (Å²) in [6, 6.07) is 5.90. The summed E-state index contributed by atoms with van der Waals surface area (Å²) >= 11 is 9.34. The molecule has 2 fully saturated rings. The van der Waals surface area contributed by atoms with Gasteiger partial charge in [0.15, 0.2) is 0 Å². The van der Waals surface area contributed by atoms with Crippen LogP contribution in [0, 0.1) is 5.92 Å². The molecule has 4 heteroatoms. The molecule has 2 aliphatic rings. The second-order valence-electron chi connectivity index (χ2n) is 5.26. The fraction of sp³-hybridized carbons (Fsp3) is 0.500. The normalized spacial score (nSPS) is 18.8. The molecule has 2 aliphatic carbocycles. The van der Waals surface area contributed by atoms with Crippen LogP contribution in [0.4, 0.5) is 0 Å². The molecule has 0 bridgehead atoms. The second-order valence-corrected chi connectivity index (χ2v) is 6.52. The van der Waals surface area contributed by atoms with Gasteiger partial charge in [-0.15, -0.1) is 0 Å². The lowest BCUT2D eigenvalue weighted by molar-refractivity contribution is 0.0734. The fourth-order valence-electron chi connectivity index (χ4n) is 2.16. The third-order valence-electron chi connectivity index (χ3n) is 3.57. The summed E-state index contributed by atoms with van der Waals surface area (Å²) in [4.78, 5) is 14.6. The number of hydrogen-bond donors (Lipinski definition) is 0. The van der Waals surface area contributed by atoms with E-state index in [1.165, 1.54) is 12.8 Å². The largest absolute Gasteiger partial charge is 0.335 e. The van der Waals surface area contributed by atoms with Crippen LogP contribution in [0.5, 0.6) is 0 Å².